The summed E-state index contributed by atoms with van der Waals surface area (Å²) in [6.45, 7) is 4.85. The van der Waals surface area contributed by atoms with E-state index in [0.717, 1.165) is 28.9 Å². The molecule has 0 aliphatic carbocycles. The third-order valence-electron chi connectivity index (χ3n) is 4.39. The summed E-state index contributed by atoms with van der Waals surface area (Å²) < 4.78 is 23.7. The van der Waals surface area contributed by atoms with E-state index in [2.05, 4.69) is 6.58 Å². The van der Waals surface area contributed by atoms with Crippen LogP contribution in [-0.4, -0.2) is 24.1 Å². The van der Waals surface area contributed by atoms with Crippen molar-refractivity contribution in [3.05, 3.63) is 71.6 Å². The van der Waals surface area contributed by atoms with E-state index >= 15 is 0 Å². The van der Waals surface area contributed by atoms with Crippen LogP contribution < -0.4 is 9.47 Å². The number of ether oxygens (including phenoxy) is 2. The number of hydrogen-bond acceptors (Lipinski definition) is 3. The summed E-state index contributed by atoms with van der Waals surface area (Å²) in [5, 5.41) is 0. The highest BCUT2D eigenvalue weighted by Gasteiger charge is 2.26. The Labute approximate surface area is 144 Å². The van der Waals surface area contributed by atoms with Crippen LogP contribution >= 0.6 is 0 Å². The van der Waals surface area contributed by atoms with Gasteiger partial charge in [-0.3, -0.25) is 4.79 Å². The minimum Gasteiger partial charge on any atom is -0.454 e. The van der Waals surface area contributed by atoms with Crippen molar-refractivity contribution in [2.24, 2.45) is 0 Å². The van der Waals surface area contributed by atoms with Gasteiger partial charge in [0.05, 0.1) is 0 Å². The first kappa shape index (κ1) is 15.4. The third-order valence-corrected chi connectivity index (χ3v) is 4.39. The van der Waals surface area contributed by atoms with Gasteiger partial charge in [-0.2, -0.15) is 0 Å². The maximum atomic E-state index is 12.9. The monoisotopic (exact) mass is 337 g/mol. The van der Waals surface area contributed by atoms with E-state index in [4.69, 9.17) is 9.47 Å². The molecular formula is C20H16FNO3. The Morgan fingerprint density at radius 1 is 1.16 bits per heavy atom. The Kier molecular flexibility index (Phi) is 3.76. The zero-order valence-electron chi connectivity index (χ0n) is 13.5. The van der Waals surface area contributed by atoms with E-state index in [1.807, 2.05) is 12.1 Å². The zero-order chi connectivity index (χ0) is 17.4. The molecule has 0 unspecified atom stereocenters. The van der Waals surface area contributed by atoms with Gasteiger partial charge in [-0.15, -0.1) is 0 Å². The summed E-state index contributed by atoms with van der Waals surface area (Å²) in [5.74, 6) is 0.958. The fraction of sp³-hybridized carbons (Fsp3) is 0.150. The number of nitrogens with zero attached hydrogens (tertiary/aromatic N) is 1. The molecule has 0 saturated heterocycles. The number of halogens is 1. The first-order chi connectivity index (χ1) is 12.1. The molecule has 1 amide bonds. The number of carbonyl (C=O) groups excluding carboxylic acids is 1. The second-order valence-corrected chi connectivity index (χ2v) is 5.93. The van der Waals surface area contributed by atoms with Crippen LogP contribution in [0.3, 0.4) is 0 Å². The first-order valence-electron chi connectivity index (χ1n) is 7.99. The molecule has 2 aromatic carbocycles. The molecule has 2 heterocycles. The summed E-state index contributed by atoms with van der Waals surface area (Å²) in [4.78, 5) is 14.2. The van der Waals surface area contributed by atoms with Crippen molar-refractivity contribution in [2.45, 2.75) is 6.42 Å². The standard InChI is InChI=1S/C20H16FNO3/c1-13-17-11-19-18(24-12-25-19)10-15(17)8-9-22(13)20(23)7-4-14-2-5-16(21)6-3-14/h2-7,10-11H,1,8-9,12H2/b7-4+. The largest absolute Gasteiger partial charge is 0.454 e. The van der Waals surface area contributed by atoms with Crippen molar-refractivity contribution in [1.82, 2.24) is 4.90 Å². The van der Waals surface area contributed by atoms with Gasteiger partial charge in [0.2, 0.25) is 6.79 Å². The highest BCUT2D eigenvalue weighted by molar-refractivity contribution is 5.98. The second kappa shape index (κ2) is 6.09. The fourth-order valence-corrected chi connectivity index (χ4v) is 3.05. The average Bonchev–Trinajstić information content (AvgIpc) is 3.07. The van der Waals surface area contributed by atoms with Crippen LogP contribution in [0.1, 0.15) is 16.7 Å². The lowest BCUT2D eigenvalue weighted by molar-refractivity contribution is -0.123. The predicted octanol–water partition coefficient (Wildman–Crippen LogP) is 3.62. The molecule has 0 N–H and O–H groups in total. The number of hydrogen-bond donors (Lipinski definition) is 0. The molecule has 126 valence electrons. The van der Waals surface area contributed by atoms with Crippen molar-refractivity contribution >= 4 is 17.7 Å². The number of carbonyl (C=O) groups is 1. The molecule has 0 radical (unpaired) electrons. The quantitative estimate of drug-likeness (QED) is 0.786. The summed E-state index contributed by atoms with van der Waals surface area (Å²) in [7, 11) is 0. The molecule has 0 atom stereocenters. The van der Waals surface area contributed by atoms with Crippen molar-refractivity contribution in [2.75, 3.05) is 13.3 Å². The molecule has 0 bridgehead atoms. The van der Waals surface area contributed by atoms with Gasteiger partial charge in [0, 0.05) is 23.9 Å². The van der Waals surface area contributed by atoms with Crippen LogP contribution in [-0.2, 0) is 11.2 Å². The molecule has 2 aliphatic heterocycles. The molecule has 4 nitrogen and oxygen atoms in total. The van der Waals surface area contributed by atoms with E-state index in [1.165, 1.54) is 18.2 Å². The van der Waals surface area contributed by atoms with E-state index in [0.29, 0.717) is 18.0 Å². The summed E-state index contributed by atoms with van der Waals surface area (Å²) in [6, 6.07) is 9.81. The molecule has 2 aromatic rings. The maximum Gasteiger partial charge on any atom is 0.250 e. The molecule has 0 spiro atoms. The van der Waals surface area contributed by atoms with E-state index < -0.39 is 0 Å². The Hall–Kier alpha value is -3.08. The number of benzene rings is 2. The first-order valence-corrected chi connectivity index (χ1v) is 7.99. The Morgan fingerprint density at radius 3 is 2.64 bits per heavy atom. The Bertz CT molecular complexity index is 887. The molecule has 5 heteroatoms. The smallest absolute Gasteiger partial charge is 0.250 e. The maximum absolute atomic E-state index is 12.9. The van der Waals surface area contributed by atoms with E-state index in [1.54, 1.807) is 23.1 Å². The molecule has 4 rings (SSSR count). The van der Waals surface area contributed by atoms with Gasteiger partial charge in [-0.25, -0.2) is 4.39 Å². The highest BCUT2D eigenvalue weighted by atomic mass is 19.1. The average molecular weight is 337 g/mol. The van der Waals surface area contributed by atoms with Crippen LogP contribution in [0.5, 0.6) is 11.5 Å². The summed E-state index contributed by atoms with van der Waals surface area (Å²) >= 11 is 0. The minimum absolute atomic E-state index is 0.155. The molecular weight excluding hydrogens is 321 g/mol. The van der Waals surface area contributed by atoms with Gasteiger partial charge in [0.15, 0.2) is 11.5 Å². The minimum atomic E-state index is -0.303. The molecule has 25 heavy (non-hydrogen) atoms. The van der Waals surface area contributed by atoms with Gasteiger partial charge < -0.3 is 14.4 Å². The molecule has 0 fully saturated rings. The number of rotatable bonds is 2. The van der Waals surface area contributed by atoms with Crippen LogP contribution in [0.15, 0.2) is 49.1 Å². The van der Waals surface area contributed by atoms with Crippen molar-refractivity contribution in [1.29, 1.82) is 0 Å². The SMILES string of the molecule is C=C1c2cc3c(cc2CCN1C(=O)/C=C/c1ccc(F)cc1)OCO3. The Morgan fingerprint density at radius 2 is 1.88 bits per heavy atom. The number of fused-ring (bicyclic) bond motifs is 2. The normalized spacial score (nSPS) is 15.6. The predicted molar refractivity (Wildman–Crippen MR) is 92.5 cm³/mol. The highest BCUT2D eigenvalue weighted by Crippen LogP contribution is 2.39. The van der Waals surface area contributed by atoms with Crippen LogP contribution in [0.2, 0.25) is 0 Å². The lowest BCUT2D eigenvalue weighted by Gasteiger charge is -2.30. The molecule has 0 saturated carbocycles. The van der Waals surface area contributed by atoms with Gasteiger partial charge >= 0.3 is 0 Å². The topological polar surface area (TPSA) is 38.8 Å². The lowest BCUT2D eigenvalue weighted by Crippen LogP contribution is -2.33. The summed E-state index contributed by atoms with van der Waals surface area (Å²) in [6.07, 6.45) is 3.88. The van der Waals surface area contributed by atoms with Crippen LogP contribution in [0.4, 0.5) is 4.39 Å². The summed E-state index contributed by atoms with van der Waals surface area (Å²) in [5.41, 5.74) is 3.41. The zero-order valence-corrected chi connectivity index (χ0v) is 13.5. The van der Waals surface area contributed by atoms with Gasteiger partial charge in [-0.05, 0) is 47.9 Å². The van der Waals surface area contributed by atoms with Crippen molar-refractivity contribution in [3.8, 4) is 11.5 Å². The van der Waals surface area contributed by atoms with Gasteiger partial charge in [0.25, 0.3) is 5.91 Å². The van der Waals surface area contributed by atoms with Crippen LogP contribution in [0, 0.1) is 5.82 Å². The van der Waals surface area contributed by atoms with Crippen molar-refractivity contribution in [3.63, 3.8) is 0 Å². The van der Waals surface area contributed by atoms with Crippen LogP contribution in [0.25, 0.3) is 11.8 Å². The molecule has 0 aromatic heterocycles. The Balaban J connectivity index is 1.54. The fourth-order valence-electron chi connectivity index (χ4n) is 3.05. The second-order valence-electron chi connectivity index (χ2n) is 5.93. The number of amides is 1. The van der Waals surface area contributed by atoms with E-state index in [9.17, 15) is 9.18 Å². The lowest BCUT2D eigenvalue weighted by atomic mass is 9.96. The van der Waals surface area contributed by atoms with Gasteiger partial charge in [-0.1, -0.05) is 18.7 Å². The third kappa shape index (κ3) is 2.89. The van der Waals surface area contributed by atoms with E-state index in [-0.39, 0.29) is 18.5 Å². The molecule has 2 aliphatic rings. The van der Waals surface area contributed by atoms with Crippen molar-refractivity contribution < 1.29 is 18.7 Å². The van der Waals surface area contributed by atoms with Gasteiger partial charge in [0.1, 0.15) is 5.82 Å².